The molecule has 158 valence electrons. The summed E-state index contributed by atoms with van der Waals surface area (Å²) in [5.74, 6) is -0.481. The van der Waals surface area contributed by atoms with Crippen molar-refractivity contribution in [2.45, 2.75) is 26.8 Å². The fourth-order valence-corrected chi connectivity index (χ4v) is 3.75. The Hall–Kier alpha value is -3.87. The SMILES string of the molecule is CCCN1C(=O)N/C(=C/c2cn(CC(=O)Nc3cccc(C)c3)c3ccccc23)C1=O. The number of carbonyl (C=O) groups is 3. The number of nitrogens with zero attached hydrogens (tertiary/aromatic N) is 2. The summed E-state index contributed by atoms with van der Waals surface area (Å²) in [6.45, 7) is 4.39. The zero-order valence-electron chi connectivity index (χ0n) is 17.5. The quantitative estimate of drug-likeness (QED) is 0.472. The minimum Gasteiger partial charge on any atom is -0.337 e. The van der Waals surface area contributed by atoms with E-state index in [0.29, 0.717) is 13.0 Å². The second-order valence-electron chi connectivity index (χ2n) is 7.59. The van der Waals surface area contributed by atoms with Gasteiger partial charge in [0.15, 0.2) is 0 Å². The van der Waals surface area contributed by atoms with Gasteiger partial charge in [-0.05, 0) is 43.2 Å². The van der Waals surface area contributed by atoms with Crippen LogP contribution < -0.4 is 10.6 Å². The van der Waals surface area contributed by atoms with E-state index in [-0.39, 0.29) is 24.1 Å². The van der Waals surface area contributed by atoms with E-state index in [1.165, 1.54) is 4.90 Å². The third-order valence-electron chi connectivity index (χ3n) is 5.14. The van der Waals surface area contributed by atoms with Crippen LogP contribution in [-0.4, -0.2) is 33.9 Å². The van der Waals surface area contributed by atoms with Gasteiger partial charge in [0, 0.05) is 34.9 Å². The molecule has 0 spiro atoms. The molecule has 4 rings (SSSR count). The highest BCUT2D eigenvalue weighted by Gasteiger charge is 2.32. The number of aryl methyl sites for hydroxylation is 1. The first-order chi connectivity index (χ1) is 15.0. The Morgan fingerprint density at radius 2 is 1.94 bits per heavy atom. The lowest BCUT2D eigenvalue weighted by Crippen LogP contribution is -2.31. The molecule has 0 unspecified atom stereocenters. The zero-order chi connectivity index (χ0) is 22.0. The molecule has 7 nitrogen and oxygen atoms in total. The average Bonchev–Trinajstić information content (AvgIpc) is 3.20. The summed E-state index contributed by atoms with van der Waals surface area (Å²) in [4.78, 5) is 38.5. The lowest BCUT2D eigenvalue weighted by molar-refractivity contribution is -0.123. The van der Waals surface area contributed by atoms with Crippen LogP contribution in [0, 0.1) is 6.92 Å². The van der Waals surface area contributed by atoms with Gasteiger partial charge in [0.1, 0.15) is 12.2 Å². The van der Waals surface area contributed by atoms with Crippen LogP contribution in [0.4, 0.5) is 10.5 Å². The summed E-state index contributed by atoms with van der Waals surface area (Å²) >= 11 is 0. The molecule has 1 saturated heterocycles. The van der Waals surface area contributed by atoms with Crippen LogP contribution in [-0.2, 0) is 16.1 Å². The summed E-state index contributed by atoms with van der Waals surface area (Å²) in [6, 6.07) is 14.9. The van der Waals surface area contributed by atoms with Crippen molar-refractivity contribution in [1.82, 2.24) is 14.8 Å². The average molecular weight is 416 g/mol. The number of fused-ring (bicyclic) bond motifs is 1. The number of amides is 4. The molecule has 1 fully saturated rings. The normalized spacial score (nSPS) is 15.0. The number of hydrogen-bond donors (Lipinski definition) is 2. The molecule has 31 heavy (non-hydrogen) atoms. The van der Waals surface area contributed by atoms with Crippen LogP contribution in [0.1, 0.15) is 24.5 Å². The highest BCUT2D eigenvalue weighted by atomic mass is 16.2. The minimum atomic E-state index is -0.403. The maximum atomic E-state index is 12.6. The summed E-state index contributed by atoms with van der Waals surface area (Å²) in [5, 5.41) is 6.47. The minimum absolute atomic E-state index is 0.125. The molecule has 0 atom stereocenters. The molecule has 1 aliphatic heterocycles. The molecule has 2 aromatic carbocycles. The van der Waals surface area contributed by atoms with Crippen LogP contribution >= 0.6 is 0 Å². The number of urea groups is 1. The Labute approximate surface area is 180 Å². The van der Waals surface area contributed by atoms with Crippen molar-refractivity contribution in [2.24, 2.45) is 0 Å². The van der Waals surface area contributed by atoms with Gasteiger partial charge in [-0.1, -0.05) is 37.3 Å². The van der Waals surface area contributed by atoms with E-state index in [1.54, 1.807) is 6.08 Å². The second-order valence-corrected chi connectivity index (χ2v) is 7.59. The molecular weight excluding hydrogens is 392 g/mol. The largest absolute Gasteiger partial charge is 0.337 e. The fourth-order valence-electron chi connectivity index (χ4n) is 3.75. The molecule has 2 N–H and O–H groups in total. The first-order valence-corrected chi connectivity index (χ1v) is 10.2. The van der Waals surface area contributed by atoms with Crippen LogP contribution in [0.3, 0.4) is 0 Å². The van der Waals surface area contributed by atoms with Crippen molar-refractivity contribution >= 4 is 40.5 Å². The number of nitrogens with one attached hydrogen (secondary N) is 2. The summed E-state index contributed by atoms with van der Waals surface area (Å²) in [7, 11) is 0. The van der Waals surface area contributed by atoms with Gasteiger partial charge in [-0.2, -0.15) is 0 Å². The van der Waals surface area contributed by atoms with Gasteiger partial charge in [0.2, 0.25) is 5.91 Å². The summed E-state index contributed by atoms with van der Waals surface area (Å²) in [5.41, 5.74) is 3.69. The lowest BCUT2D eigenvalue weighted by atomic mass is 10.1. The van der Waals surface area contributed by atoms with Gasteiger partial charge in [0.25, 0.3) is 5.91 Å². The van der Waals surface area contributed by atoms with E-state index in [4.69, 9.17) is 0 Å². The molecule has 0 radical (unpaired) electrons. The Kier molecular flexibility index (Phi) is 5.58. The predicted molar refractivity (Wildman–Crippen MR) is 120 cm³/mol. The molecule has 0 bridgehead atoms. The third kappa shape index (κ3) is 4.21. The van der Waals surface area contributed by atoms with Gasteiger partial charge in [0.05, 0.1) is 0 Å². The molecule has 1 aliphatic rings. The number of anilines is 1. The number of aromatic nitrogens is 1. The van der Waals surface area contributed by atoms with Crippen molar-refractivity contribution in [3.63, 3.8) is 0 Å². The maximum absolute atomic E-state index is 12.6. The van der Waals surface area contributed by atoms with Gasteiger partial charge < -0.3 is 15.2 Å². The monoisotopic (exact) mass is 416 g/mol. The van der Waals surface area contributed by atoms with E-state index in [9.17, 15) is 14.4 Å². The van der Waals surface area contributed by atoms with Crippen LogP contribution in [0.25, 0.3) is 17.0 Å². The Balaban J connectivity index is 1.61. The highest BCUT2D eigenvalue weighted by Crippen LogP contribution is 2.25. The number of benzene rings is 2. The number of carbonyl (C=O) groups excluding carboxylic acids is 3. The first-order valence-electron chi connectivity index (χ1n) is 10.2. The van der Waals surface area contributed by atoms with E-state index in [2.05, 4.69) is 10.6 Å². The van der Waals surface area contributed by atoms with Gasteiger partial charge >= 0.3 is 6.03 Å². The molecule has 2 heterocycles. The van der Waals surface area contributed by atoms with Crippen LogP contribution in [0.2, 0.25) is 0 Å². The predicted octanol–water partition coefficient (Wildman–Crippen LogP) is 3.89. The fraction of sp³-hybridized carbons (Fsp3) is 0.208. The van der Waals surface area contributed by atoms with E-state index >= 15 is 0 Å². The summed E-state index contributed by atoms with van der Waals surface area (Å²) < 4.78 is 1.85. The molecule has 0 aliphatic carbocycles. The van der Waals surface area contributed by atoms with E-state index < -0.39 is 6.03 Å². The van der Waals surface area contributed by atoms with Crippen molar-refractivity contribution in [3.8, 4) is 0 Å². The number of para-hydroxylation sites is 1. The van der Waals surface area contributed by atoms with Crippen LogP contribution in [0.15, 0.2) is 60.4 Å². The van der Waals surface area contributed by atoms with Crippen molar-refractivity contribution in [1.29, 1.82) is 0 Å². The zero-order valence-corrected chi connectivity index (χ0v) is 17.5. The van der Waals surface area contributed by atoms with E-state index in [1.807, 2.05) is 73.1 Å². The molecule has 4 amide bonds. The summed E-state index contributed by atoms with van der Waals surface area (Å²) in [6.07, 6.45) is 4.20. The van der Waals surface area contributed by atoms with Crippen molar-refractivity contribution in [3.05, 3.63) is 71.6 Å². The Bertz CT molecular complexity index is 1210. The van der Waals surface area contributed by atoms with Crippen LogP contribution in [0.5, 0.6) is 0 Å². The first kappa shape index (κ1) is 20.4. The third-order valence-corrected chi connectivity index (χ3v) is 5.14. The topological polar surface area (TPSA) is 83.4 Å². The molecule has 0 saturated carbocycles. The standard InChI is InChI=1S/C24H24N4O3/c1-3-11-28-23(30)20(26-24(28)31)13-17-14-27(21-10-5-4-9-19(17)21)15-22(29)25-18-8-6-7-16(2)12-18/h4-10,12-14H,3,11,15H2,1-2H3,(H,25,29)(H,26,31)/b20-13+. The van der Waals surface area contributed by atoms with Crippen molar-refractivity contribution < 1.29 is 14.4 Å². The van der Waals surface area contributed by atoms with Gasteiger partial charge in [-0.3, -0.25) is 14.5 Å². The molecule has 7 heteroatoms. The van der Waals surface area contributed by atoms with Gasteiger partial charge in [-0.25, -0.2) is 4.79 Å². The molecule has 1 aromatic heterocycles. The van der Waals surface area contributed by atoms with Gasteiger partial charge in [-0.15, -0.1) is 0 Å². The number of hydrogen-bond acceptors (Lipinski definition) is 3. The number of rotatable bonds is 6. The smallest absolute Gasteiger partial charge is 0.329 e. The Morgan fingerprint density at radius 1 is 1.13 bits per heavy atom. The number of imide groups is 1. The Morgan fingerprint density at radius 3 is 2.71 bits per heavy atom. The molecular formula is C24H24N4O3. The lowest BCUT2D eigenvalue weighted by Gasteiger charge is -2.08. The van der Waals surface area contributed by atoms with Crippen molar-refractivity contribution in [2.75, 3.05) is 11.9 Å². The second kappa shape index (κ2) is 8.47. The maximum Gasteiger partial charge on any atom is 0.329 e. The van der Waals surface area contributed by atoms with E-state index in [0.717, 1.165) is 27.7 Å². The highest BCUT2D eigenvalue weighted by molar-refractivity contribution is 6.14. The molecule has 3 aromatic rings.